The topological polar surface area (TPSA) is 84.5 Å². The predicted molar refractivity (Wildman–Crippen MR) is 89.4 cm³/mol. The van der Waals surface area contributed by atoms with E-state index >= 15 is 0 Å². The van der Waals surface area contributed by atoms with Crippen molar-refractivity contribution in [2.24, 2.45) is 0 Å². The molecule has 0 radical (unpaired) electrons. The standard InChI is InChI=1S/C18H15F3N2O4/c1-10-4-2-3-5-11(10)18(26)27-9-15(25)22-8-14(24)23-13-7-6-12(19)16(20)17(13)21/h2-7H,8-9H2,1H3,(H,22,25)(H,23,24). The molecule has 142 valence electrons. The summed E-state index contributed by atoms with van der Waals surface area (Å²) in [5.41, 5.74) is 0.409. The first-order chi connectivity index (χ1) is 12.8. The Kier molecular flexibility index (Phi) is 6.53. The number of rotatable bonds is 6. The molecule has 0 aliphatic rings. The number of halogens is 3. The lowest BCUT2D eigenvalue weighted by molar-refractivity contribution is -0.126. The predicted octanol–water partition coefficient (Wildman–Crippen LogP) is 2.32. The number of ether oxygens (including phenoxy) is 1. The van der Waals surface area contributed by atoms with E-state index < -0.39 is 54.1 Å². The quantitative estimate of drug-likeness (QED) is 0.595. The Labute approximate surface area is 152 Å². The molecular weight excluding hydrogens is 365 g/mol. The Hall–Kier alpha value is -3.36. The van der Waals surface area contributed by atoms with Gasteiger partial charge in [-0.15, -0.1) is 0 Å². The summed E-state index contributed by atoms with van der Waals surface area (Å²) in [4.78, 5) is 35.1. The maximum absolute atomic E-state index is 13.5. The number of aryl methyl sites for hydroxylation is 1. The van der Waals surface area contributed by atoms with Gasteiger partial charge in [-0.3, -0.25) is 9.59 Å². The largest absolute Gasteiger partial charge is 0.452 e. The van der Waals surface area contributed by atoms with Gasteiger partial charge in [0.25, 0.3) is 5.91 Å². The first-order valence-corrected chi connectivity index (χ1v) is 7.72. The number of carbonyl (C=O) groups is 3. The minimum atomic E-state index is -1.72. The Bertz CT molecular complexity index is 887. The first kappa shape index (κ1) is 20.0. The molecule has 2 amide bonds. The van der Waals surface area contributed by atoms with Crippen molar-refractivity contribution < 1.29 is 32.3 Å². The number of carbonyl (C=O) groups excluding carboxylic acids is 3. The summed E-state index contributed by atoms with van der Waals surface area (Å²) in [6.45, 7) is 0.498. The molecule has 2 rings (SSSR count). The van der Waals surface area contributed by atoms with Gasteiger partial charge in [-0.1, -0.05) is 18.2 Å². The average Bonchev–Trinajstić information content (AvgIpc) is 2.65. The van der Waals surface area contributed by atoms with Gasteiger partial charge in [-0.2, -0.15) is 0 Å². The number of amides is 2. The number of esters is 1. The van der Waals surface area contributed by atoms with Gasteiger partial charge in [0.15, 0.2) is 24.1 Å². The fourth-order valence-electron chi connectivity index (χ4n) is 2.06. The minimum Gasteiger partial charge on any atom is -0.452 e. The number of anilines is 1. The van der Waals surface area contributed by atoms with Crippen molar-refractivity contribution in [3.63, 3.8) is 0 Å². The van der Waals surface area contributed by atoms with Crippen LogP contribution < -0.4 is 10.6 Å². The molecule has 0 saturated heterocycles. The Morgan fingerprint density at radius 1 is 0.963 bits per heavy atom. The molecule has 6 nitrogen and oxygen atoms in total. The normalized spacial score (nSPS) is 10.2. The molecule has 27 heavy (non-hydrogen) atoms. The highest BCUT2D eigenvalue weighted by atomic mass is 19.2. The van der Waals surface area contributed by atoms with Crippen LogP contribution in [0.5, 0.6) is 0 Å². The lowest BCUT2D eigenvalue weighted by Crippen LogP contribution is -2.35. The van der Waals surface area contributed by atoms with Crippen molar-refractivity contribution in [3.05, 3.63) is 65.0 Å². The molecule has 0 spiro atoms. The van der Waals surface area contributed by atoms with Crippen LogP contribution >= 0.6 is 0 Å². The third-order valence-corrected chi connectivity index (χ3v) is 3.45. The number of nitrogens with one attached hydrogen (secondary N) is 2. The van der Waals surface area contributed by atoms with Gasteiger partial charge in [-0.05, 0) is 30.7 Å². The van der Waals surface area contributed by atoms with Crippen molar-refractivity contribution in [2.75, 3.05) is 18.5 Å². The number of hydrogen-bond acceptors (Lipinski definition) is 4. The van der Waals surface area contributed by atoms with E-state index in [0.717, 1.165) is 6.07 Å². The third kappa shape index (κ3) is 5.30. The highest BCUT2D eigenvalue weighted by Crippen LogP contribution is 2.19. The van der Waals surface area contributed by atoms with Crippen LogP contribution in [0.3, 0.4) is 0 Å². The highest BCUT2D eigenvalue weighted by molar-refractivity contribution is 5.96. The summed E-state index contributed by atoms with van der Waals surface area (Å²) in [6, 6.07) is 8.13. The van der Waals surface area contributed by atoms with Crippen LogP contribution in [0.15, 0.2) is 36.4 Å². The Balaban J connectivity index is 1.80. The van der Waals surface area contributed by atoms with E-state index in [9.17, 15) is 27.6 Å². The van der Waals surface area contributed by atoms with Crippen molar-refractivity contribution in [3.8, 4) is 0 Å². The van der Waals surface area contributed by atoms with E-state index in [-0.39, 0.29) is 0 Å². The van der Waals surface area contributed by atoms with E-state index in [4.69, 9.17) is 4.74 Å². The molecule has 9 heteroatoms. The summed E-state index contributed by atoms with van der Waals surface area (Å²) in [5.74, 6) is -7.01. The highest BCUT2D eigenvalue weighted by Gasteiger charge is 2.16. The third-order valence-electron chi connectivity index (χ3n) is 3.45. The lowest BCUT2D eigenvalue weighted by atomic mass is 10.1. The van der Waals surface area contributed by atoms with Crippen LogP contribution in [0.4, 0.5) is 18.9 Å². The summed E-state index contributed by atoms with van der Waals surface area (Å²) in [5, 5.41) is 4.14. The van der Waals surface area contributed by atoms with E-state index in [1.54, 1.807) is 31.2 Å². The molecule has 0 heterocycles. The van der Waals surface area contributed by atoms with Crippen molar-refractivity contribution in [2.45, 2.75) is 6.92 Å². The molecule has 0 aliphatic heterocycles. The van der Waals surface area contributed by atoms with Crippen molar-refractivity contribution in [1.29, 1.82) is 0 Å². The molecule has 0 aliphatic carbocycles. The molecule has 0 aromatic heterocycles. The Morgan fingerprint density at radius 3 is 2.37 bits per heavy atom. The van der Waals surface area contributed by atoms with Crippen molar-refractivity contribution in [1.82, 2.24) is 5.32 Å². The van der Waals surface area contributed by atoms with Crippen LogP contribution in [0.2, 0.25) is 0 Å². The molecule has 2 aromatic carbocycles. The van der Waals surface area contributed by atoms with Crippen LogP contribution in [0, 0.1) is 24.4 Å². The fraction of sp³-hybridized carbons (Fsp3) is 0.167. The number of benzene rings is 2. The molecule has 0 saturated carbocycles. The zero-order valence-electron chi connectivity index (χ0n) is 14.1. The molecule has 0 fully saturated rings. The van der Waals surface area contributed by atoms with Gasteiger partial charge in [0, 0.05) is 0 Å². The smallest absolute Gasteiger partial charge is 0.338 e. The monoisotopic (exact) mass is 380 g/mol. The van der Waals surface area contributed by atoms with Gasteiger partial charge < -0.3 is 15.4 Å². The second-order valence-corrected chi connectivity index (χ2v) is 5.44. The summed E-state index contributed by atoms with van der Waals surface area (Å²) >= 11 is 0. The lowest BCUT2D eigenvalue weighted by Gasteiger charge is -2.09. The molecule has 2 aromatic rings. The maximum Gasteiger partial charge on any atom is 0.338 e. The maximum atomic E-state index is 13.5. The summed E-state index contributed by atoms with van der Waals surface area (Å²) in [7, 11) is 0. The van der Waals surface area contributed by atoms with Crippen LogP contribution in [0.1, 0.15) is 15.9 Å². The zero-order valence-corrected chi connectivity index (χ0v) is 14.1. The minimum absolute atomic E-state index is 0.303. The zero-order chi connectivity index (χ0) is 20.0. The second-order valence-electron chi connectivity index (χ2n) is 5.44. The second kappa shape index (κ2) is 8.84. The van der Waals surface area contributed by atoms with E-state index in [2.05, 4.69) is 5.32 Å². The van der Waals surface area contributed by atoms with Crippen LogP contribution in [-0.4, -0.2) is 30.9 Å². The van der Waals surface area contributed by atoms with Gasteiger partial charge in [0.2, 0.25) is 5.91 Å². The van der Waals surface area contributed by atoms with E-state index in [1.807, 2.05) is 5.32 Å². The van der Waals surface area contributed by atoms with Crippen LogP contribution in [0.25, 0.3) is 0 Å². The summed E-state index contributed by atoms with van der Waals surface area (Å²) in [6.07, 6.45) is 0. The molecule has 2 N–H and O–H groups in total. The van der Waals surface area contributed by atoms with Crippen LogP contribution in [-0.2, 0) is 14.3 Å². The van der Waals surface area contributed by atoms with E-state index in [1.165, 1.54) is 0 Å². The fourth-order valence-corrected chi connectivity index (χ4v) is 2.06. The molecular formula is C18H15F3N2O4. The average molecular weight is 380 g/mol. The SMILES string of the molecule is Cc1ccccc1C(=O)OCC(=O)NCC(=O)Nc1ccc(F)c(F)c1F. The molecule has 0 atom stereocenters. The molecule has 0 bridgehead atoms. The van der Waals surface area contributed by atoms with Gasteiger partial charge in [-0.25, -0.2) is 18.0 Å². The van der Waals surface area contributed by atoms with Crippen molar-refractivity contribution >= 4 is 23.5 Å². The Morgan fingerprint density at radius 2 is 1.67 bits per heavy atom. The number of hydrogen-bond donors (Lipinski definition) is 2. The summed E-state index contributed by atoms with van der Waals surface area (Å²) < 4.78 is 44.2. The van der Waals surface area contributed by atoms with Gasteiger partial charge in [0.05, 0.1) is 17.8 Å². The first-order valence-electron chi connectivity index (χ1n) is 7.72. The van der Waals surface area contributed by atoms with Gasteiger partial charge in [0.1, 0.15) is 0 Å². The molecule has 0 unspecified atom stereocenters. The van der Waals surface area contributed by atoms with E-state index in [0.29, 0.717) is 17.2 Å². The van der Waals surface area contributed by atoms with Gasteiger partial charge >= 0.3 is 5.97 Å².